The van der Waals surface area contributed by atoms with E-state index in [2.05, 4.69) is 10.2 Å². The van der Waals surface area contributed by atoms with Crippen LogP contribution in [0, 0.1) is 0 Å². The molecule has 2 fully saturated rings. The van der Waals surface area contributed by atoms with Crippen LogP contribution in [0.1, 0.15) is 46.0 Å². The van der Waals surface area contributed by atoms with E-state index in [1.54, 1.807) is 0 Å². The average molecular weight is 198 g/mol. The van der Waals surface area contributed by atoms with Crippen molar-refractivity contribution >= 4 is 0 Å². The lowest BCUT2D eigenvalue weighted by molar-refractivity contribution is 0.158. The van der Waals surface area contributed by atoms with Crippen molar-refractivity contribution in [3.05, 3.63) is 0 Å². The van der Waals surface area contributed by atoms with E-state index in [1.165, 1.54) is 64.7 Å². The molecular weight excluding hydrogens is 172 g/mol. The molecule has 1 saturated carbocycles. The Morgan fingerprint density at radius 2 is 1.43 bits per heavy atom. The van der Waals surface area contributed by atoms with Crippen LogP contribution in [0.3, 0.4) is 0 Å². The molecule has 14 heavy (non-hydrogen) atoms. The molecule has 1 aliphatic carbocycles. The van der Waals surface area contributed by atoms with Crippen molar-refractivity contribution in [1.29, 1.82) is 0 Å². The molecule has 0 amide bonds. The highest BCUT2D eigenvalue weighted by Gasteiger charge is 2.20. The number of hydrogen-bond acceptors (Lipinski definition) is 2. The monoisotopic (exact) mass is 198 g/mol. The van der Waals surface area contributed by atoms with Gasteiger partial charge in [-0.2, -0.15) is 0 Å². The summed E-state index contributed by atoms with van der Waals surface area (Å²) in [6.45, 7) is 4.97. The molecule has 2 rings (SSSR count). The Balaban J connectivity index is 0.000000980. The van der Waals surface area contributed by atoms with E-state index in [1.807, 2.05) is 0 Å². The van der Waals surface area contributed by atoms with E-state index < -0.39 is 0 Å². The zero-order valence-electron chi connectivity index (χ0n) is 8.60. The molecule has 0 atom stereocenters. The first-order valence-electron chi connectivity index (χ1n) is 5.91. The van der Waals surface area contributed by atoms with E-state index >= 15 is 0 Å². The van der Waals surface area contributed by atoms with Crippen LogP contribution < -0.4 is 5.32 Å². The Hall–Kier alpha value is -0.0800. The van der Waals surface area contributed by atoms with E-state index in [-0.39, 0.29) is 7.43 Å². The van der Waals surface area contributed by atoms with Crippen LogP contribution in [0.5, 0.6) is 0 Å². The van der Waals surface area contributed by atoms with Crippen molar-refractivity contribution in [3.63, 3.8) is 0 Å². The standard InChI is InChI=1S/C11H22N2.CH4/c1-2-4-6-11(5-3-1)13-9-7-12-8-10-13;/h11-12H,1-10H2;1H4. The Kier molecular flexibility index (Phi) is 5.49. The van der Waals surface area contributed by atoms with Crippen molar-refractivity contribution in [2.75, 3.05) is 26.2 Å². The van der Waals surface area contributed by atoms with Crippen molar-refractivity contribution < 1.29 is 0 Å². The summed E-state index contributed by atoms with van der Waals surface area (Å²) in [6.07, 6.45) is 8.80. The lowest BCUT2D eigenvalue weighted by Gasteiger charge is -2.34. The van der Waals surface area contributed by atoms with Gasteiger partial charge in [-0.1, -0.05) is 33.1 Å². The first-order chi connectivity index (χ1) is 6.47. The molecule has 2 heteroatoms. The summed E-state index contributed by atoms with van der Waals surface area (Å²) in [6, 6.07) is 0.921. The van der Waals surface area contributed by atoms with E-state index in [9.17, 15) is 0 Å². The van der Waals surface area contributed by atoms with Crippen LogP contribution in [-0.2, 0) is 0 Å². The molecule has 1 N–H and O–H groups in total. The van der Waals surface area contributed by atoms with Crippen LogP contribution in [0.4, 0.5) is 0 Å². The predicted octanol–water partition coefficient (Wildman–Crippen LogP) is 2.25. The Morgan fingerprint density at radius 3 is 2.00 bits per heavy atom. The van der Waals surface area contributed by atoms with Gasteiger partial charge in [-0.15, -0.1) is 0 Å². The molecule has 0 aromatic carbocycles. The number of nitrogens with one attached hydrogen (secondary N) is 1. The van der Waals surface area contributed by atoms with Crippen LogP contribution in [0.25, 0.3) is 0 Å². The van der Waals surface area contributed by atoms with Crippen LogP contribution in [0.15, 0.2) is 0 Å². The molecular formula is C12H26N2. The number of nitrogens with zero attached hydrogens (tertiary/aromatic N) is 1. The van der Waals surface area contributed by atoms with Gasteiger partial charge in [-0.25, -0.2) is 0 Å². The topological polar surface area (TPSA) is 15.3 Å². The maximum absolute atomic E-state index is 3.43. The average Bonchev–Trinajstić information content (AvgIpc) is 2.47. The normalized spacial score (nSPS) is 26.6. The maximum atomic E-state index is 3.43. The van der Waals surface area contributed by atoms with Gasteiger partial charge in [0.15, 0.2) is 0 Å². The fraction of sp³-hybridized carbons (Fsp3) is 1.00. The minimum absolute atomic E-state index is 0. The summed E-state index contributed by atoms with van der Waals surface area (Å²) in [4.78, 5) is 2.71. The number of piperazine rings is 1. The predicted molar refractivity (Wildman–Crippen MR) is 62.7 cm³/mol. The lowest BCUT2D eigenvalue weighted by Crippen LogP contribution is -2.48. The highest BCUT2D eigenvalue weighted by atomic mass is 15.2. The molecule has 0 aromatic heterocycles. The summed E-state index contributed by atoms with van der Waals surface area (Å²) in [7, 11) is 0. The molecule has 0 spiro atoms. The summed E-state index contributed by atoms with van der Waals surface area (Å²) < 4.78 is 0. The van der Waals surface area contributed by atoms with Gasteiger partial charge in [0.05, 0.1) is 0 Å². The molecule has 2 nitrogen and oxygen atoms in total. The Labute approximate surface area is 89.1 Å². The van der Waals surface area contributed by atoms with Gasteiger partial charge < -0.3 is 5.32 Å². The molecule has 84 valence electrons. The van der Waals surface area contributed by atoms with Crippen molar-refractivity contribution in [2.45, 2.75) is 52.0 Å². The van der Waals surface area contributed by atoms with Crippen molar-refractivity contribution in [2.24, 2.45) is 0 Å². The minimum Gasteiger partial charge on any atom is -0.314 e. The highest BCUT2D eigenvalue weighted by molar-refractivity contribution is 4.78. The van der Waals surface area contributed by atoms with E-state index in [4.69, 9.17) is 0 Å². The second kappa shape index (κ2) is 6.41. The third-order valence-electron chi connectivity index (χ3n) is 3.49. The van der Waals surface area contributed by atoms with Gasteiger partial charge in [0.1, 0.15) is 0 Å². The first kappa shape index (κ1) is 12.0. The van der Waals surface area contributed by atoms with Gasteiger partial charge in [0.2, 0.25) is 0 Å². The number of hydrogen-bond donors (Lipinski definition) is 1. The molecule has 1 aliphatic heterocycles. The van der Waals surface area contributed by atoms with Gasteiger partial charge in [0.25, 0.3) is 0 Å². The Morgan fingerprint density at radius 1 is 0.857 bits per heavy atom. The van der Waals surface area contributed by atoms with Gasteiger partial charge in [-0.3, -0.25) is 4.90 Å². The molecule has 1 saturated heterocycles. The van der Waals surface area contributed by atoms with Gasteiger partial charge in [-0.05, 0) is 12.8 Å². The molecule has 0 unspecified atom stereocenters. The quantitative estimate of drug-likeness (QED) is 0.650. The molecule has 0 aromatic rings. The second-order valence-electron chi connectivity index (χ2n) is 4.43. The summed E-state index contributed by atoms with van der Waals surface area (Å²) in [5.74, 6) is 0. The Bertz CT molecular complexity index is 133. The van der Waals surface area contributed by atoms with Gasteiger partial charge in [0, 0.05) is 32.2 Å². The number of rotatable bonds is 1. The van der Waals surface area contributed by atoms with E-state index in [0.717, 1.165) is 6.04 Å². The third-order valence-corrected chi connectivity index (χ3v) is 3.49. The molecule has 0 bridgehead atoms. The molecule has 0 radical (unpaired) electrons. The smallest absolute Gasteiger partial charge is 0.0110 e. The largest absolute Gasteiger partial charge is 0.314 e. The zero-order chi connectivity index (χ0) is 8.93. The third kappa shape index (κ3) is 3.25. The van der Waals surface area contributed by atoms with Crippen LogP contribution >= 0.6 is 0 Å². The minimum atomic E-state index is 0. The maximum Gasteiger partial charge on any atom is 0.0110 e. The zero-order valence-corrected chi connectivity index (χ0v) is 8.60. The molecule has 2 aliphatic rings. The lowest BCUT2D eigenvalue weighted by atomic mass is 10.1. The SMILES string of the molecule is C.C1CCCC(N2CCNCC2)CC1. The first-order valence-corrected chi connectivity index (χ1v) is 5.91. The highest BCUT2D eigenvalue weighted by Crippen LogP contribution is 2.21. The summed E-state index contributed by atoms with van der Waals surface area (Å²) in [5.41, 5.74) is 0. The summed E-state index contributed by atoms with van der Waals surface area (Å²) in [5, 5.41) is 3.43. The summed E-state index contributed by atoms with van der Waals surface area (Å²) >= 11 is 0. The van der Waals surface area contributed by atoms with Crippen molar-refractivity contribution in [3.8, 4) is 0 Å². The van der Waals surface area contributed by atoms with E-state index in [0.29, 0.717) is 0 Å². The molecule has 1 heterocycles. The fourth-order valence-corrected chi connectivity index (χ4v) is 2.67. The van der Waals surface area contributed by atoms with Crippen LogP contribution in [0.2, 0.25) is 0 Å². The van der Waals surface area contributed by atoms with Gasteiger partial charge >= 0.3 is 0 Å². The van der Waals surface area contributed by atoms with Crippen molar-refractivity contribution in [1.82, 2.24) is 10.2 Å². The van der Waals surface area contributed by atoms with Crippen LogP contribution in [-0.4, -0.2) is 37.1 Å². The second-order valence-corrected chi connectivity index (χ2v) is 4.43. The fourth-order valence-electron chi connectivity index (χ4n) is 2.67.